The number of halogens is 1. The highest BCUT2D eigenvalue weighted by atomic mass is 35.5. The van der Waals surface area contributed by atoms with Crippen LogP contribution in [0.1, 0.15) is 20.3 Å². The monoisotopic (exact) mass is 424 g/mol. The molecule has 1 aromatic heterocycles. The lowest BCUT2D eigenvalue weighted by Crippen LogP contribution is -2.32. The smallest absolute Gasteiger partial charge is 0.241 e. The van der Waals surface area contributed by atoms with E-state index in [-0.39, 0.29) is 12.5 Å². The molecule has 30 heavy (non-hydrogen) atoms. The quantitative estimate of drug-likeness (QED) is 0.479. The maximum Gasteiger partial charge on any atom is 0.241 e. The highest BCUT2D eigenvalue weighted by molar-refractivity contribution is 6.30. The van der Waals surface area contributed by atoms with Gasteiger partial charge in [-0.1, -0.05) is 67.9 Å². The third-order valence-electron chi connectivity index (χ3n) is 5.20. The van der Waals surface area contributed by atoms with Gasteiger partial charge >= 0.3 is 0 Å². The van der Waals surface area contributed by atoms with E-state index in [1.807, 2.05) is 60.8 Å². The highest BCUT2D eigenvalue weighted by Gasteiger charge is 2.16. The van der Waals surface area contributed by atoms with Gasteiger partial charge in [0.1, 0.15) is 6.54 Å². The molecular formula is C24H29ClN4O. The summed E-state index contributed by atoms with van der Waals surface area (Å²) in [6, 6.07) is 17.7. The Balaban J connectivity index is 1.75. The number of benzene rings is 2. The average Bonchev–Trinajstić information content (AvgIpc) is 3.18. The lowest BCUT2D eigenvalue weighted by Gasteiger charge is -2.17. The predicted molar refractivity (Wildman–Crippen MR) is 124 cm³/mol. The van der Waals surface area contributed by atoms with Crippen molar-refractivity contribution in [2.75, 3.05) is 26.2 Å². The molecule has 0 saturated carbocycles. The molecule has 0 radical (unpaired) electrons. The van der Waals surface area contributed by atoms with Crippen LogP contribution in [0.3, 0.4) is 0 Å². The largest absolute Gasteiger partial charge is 0.354 e. The van der Waals surface area contributed by atoms with Crippen LogP contribution in [0.4, 0.5) is 0 Å². The van der Waals surface area contributed by atoms with Gasteiger partial charge in [-0.3, -0.25) is 9.48 Å². The molecule has 6 heteroatoms. The Morgan fingerprint density at radius 1 is 1.03 bits per heavy atom. The van der Waals surface area contributed by atoms with E-state index in [2.05, 4.69) is 29.2 Å². The molecule has 0 atom stereocenters. The molecular weight excluding hydrogens is 396 g/mol. The van der Waals surface area contributed by atoms with Crippen LogP contribution < -0.4 is 5.32 Å². The van der Waals surface area contributed by atoms with Gasteiger partial charge in [0.15, 0.2) is 0 Å². The number of hydrogen-bond donors (Lipinski definition) is 1. The second-order valence-corrected chi connectivity index (χ2v) is 7.60. The van der Waals surface area contributed by atoms with Crippen LogP contribution in [-0.4, -0.2) is 46.8 Å². The van der Waals surface area contributed by atoms with E-state index >= 15 is 0 Å². The molecule has 1 amide bonds. The molecule has 3 aromatic rings. The summed E-state index contributed by atoms with van der Waals surface area (Å²) in [7, 11) is 0. The normalized spacial score (nSPS) is 11.1. The van der Waals surface area contributed by atoms with E-state index in [9.17, 15) is 4.79 Å². The van der Waals surface area contributed by atoms with Crippen molar-refractivity contribution in [3.05, 3.63) is 65.8 Å². The van der Waals surface area contributed by atoms with Crippen LogP contribution in [-0.2, 0) is 11.3 Å². The van der Waals surface area contributed by atoms with Gasteiger partial charge in [-0.25, -0.2) is 0 Å². The van der Waals surface area contributed by atoms with Gasteiger partial charge in [0, 0.05) is 22.7 Å². The van der Waals surface area contributed by atoms with Crippen molar-refractivity contribution in [3.8, 4) is 22.4 Å². The lowest BCUT2D eigenvalue weighted by molar-refractivity contribution is -0.121. The van der Waals surface area contributed by atoms with Crippen molar-refractivity contribution in [1.29, 1.82) is 0 Å². The lowest BCUT2D eigenvalue weighted by atomic mass is 10.0. The van der Waals surface area contributed by atoms with Gasteiger partial charge in [0.2, 0.25) is 5.91 Å². The summed E-state index contributed by atoms with van der Waals surface area (Å²) in [5.74, 6) is -0.0301. The molecule has 1 N–H and O–H groups in total. The molecule has 0 aliphatic rings. The number of carbonyl (C=O) groups is 1. The van der Waals surface area contributed by atoms with Crippen molar-refractivity contribution in [3.63, 3.8) is 0 Å². The number of amides is 1. The minimum absolute atomic E-state index is 0.0301. The summed E-state index contributed by atoms with van der Waals surface area (Å²) < 4.78 is 1.78. The standard InChI is InChI=1S/C24H29ClN4O/c1-3-28(4-2)16-8-15-26-23(30)18-29-24(20-9-6-5-7-10-20)22(17-27-29)19-11-13-21(25)14-12-19/h5-7,9-14,17H,3-4,8,15-16,18H2,1-2H3,(H,26,30). The molecule has 0 aliphatic carbocycles. The van der Waals surface area contributed by atoms with Crippen molar-refractivity contribution in [2.45, 2.75) is 26.8 Å². The van der Waals surface area contributed by atoms with Gasteiger partial charge < -0.3 is 10.2 Å². The highest BCUT2D eigenvalue weighted by Crippen LogP contribution is 2.32. The van der Waals surface area contributed by atoms with Gasteiger partial charge in [-0.2, -0.15) is 5.10 Å². The van der Waals surface area contributed by atoms with Crippen LogP contribution in [0, 0.1) is 0 Å². The Labute approximate surface area is 183 Å². The number of nitrogens with zero attached hydrogens (tertiary/aromatic N) is 3. The fraction of sp³-hybridized carbons (Fsp3) is 0.333. The zero-order valence-electron chi connectivity index (χ0n) is 17.6. The first-order chi connectivity index (χ1) is 14.6. The average molecular weight is 425 g/mol. The van der Waals surface area contributed by atoms with E-state index in [0.29, 0.717) is 11.6 Å². The maximum atomic E-state index is 12.6. The Kier molecular flexibility index (Phi) is 8.05. The van der Waals surface area contributed by atoms with Crippen LogP contribution >= 0.6 is 11.6 Å². The fourth-order valence-electron chi connectivity index (χ4n) is 3.51. The Hall–Kier alpha value is -2.63. The van der Waals surface area contributed by atoms with E-state index in [1.54, 1.807) is 4.68 Å². The molecule has 0 fully saturated rings. The Bertz CT molecular complexity index is 934. The van der Waals surface area contributed by atoms with E-state index in [1.165, 1.54) is 0 Å². The third-order valence-corrected chi connectivity index (χ3v) is 5.45. The molecule has 5 nitrogen and oxygen atoms in total. The molecule has 0 spiro atoms. The first-order valence-corrected chi connectivity index (χ1v) is 10.9. The van der Waals surface area contributed by atoms with Gasteiger partial charge in [-0.15, -0.1) is 0 Å². The van der Waals surface area contributed by atoms with Crippen LogP contribution in [0.25, 0.3) is 22.4 Å². The van der Waals surface area contributed by atoms with Gasteiger partial charge in [0.25, 0.3) is 0 Å². The van der Waals surface area contributed by atoms with E-state index < -0.39 is 0 Å². The summed E-state index contributed by atoms with van der Waals surface area (Å²) in [4.78, 5) is 14.9. The van der Waals surface area contributed by atoms with Crippen LogP contribution in [0.15, 0.2) is 60.8 Å². The van der Waals surface area contributed by atoms with Crippen LogP contribution in [0.5, 0.6) is 0 Å². The number of rotatable bonds is 10. The number of aromatic nitrogens is 2. The summed E-state index contributed by atoms with van der Waals surface area (Å²) in [6.07, 6.45) is 2.76. The minimum atomic E-state index is -0.0301. The molecule has 2 aromatic carbocycles. The SMILES string of the molecule is CCN(CC)CCCNC(=O)Cn1ncc(-c2ccc(Cl)cc2)c1-c1ccccc1. The van der Waals surface area contributed by atoms with Crippen LogP contribution in [0.2, 0.25) is 5.02 Å². The van der Waals surface area contributed by atoms with Crippen molar-refractivity contribution in [2.24, 2.45) is 0 Å². The second kappa shape index (κ2) is 11.0. The second-order valence-electron chi connectivity index (χ2n) is 7.17. The zero-order valence-corrected chi connectivity index (χ0v) is 18.4. The van der Waals surface area contributed by atoms with Crippen molar-refractivity contribution in [1.82, 2.24) is 20.0 Å². The number of hydrogen-bond acceptors (Lipinski definition) is 3. The Morgan fingerprint density at radius 3 is 2.40 bits per heavy atom. The van der Waals surface area contributed by atoms with E-state index in [4.69, 9.17) is 11.6 Å². The minimum Gasteiger partial charge on any atom is -0.354 e. The molecule has 0 unspecified atom stereocenters. The Morgan fingerprint density at radius 2 is 1.73 bits per heavy atom. The first kappa shape index (κ1) is 22.1. The number of carbonyl (C=O) groups excluding carboxylic acids is 1. The van der Waals surface area contributed by atoms with Crippen molar-refractivity contribution >= 4 is 17.5 Å². The summed E-state index contributed by atoms with van der Waals surface area (Å²) >= 11 is 6.05. The molecule has 1 heterocycles. The third kappa shape index (κ3) is 5.71. The fourth-order valence-corrected chi connectivity index (χ4v) is 3.63. The summed E-state index contributed by atoms with van der Waals surface area (Å²) in [6.45, 7) is 8.22. The van der Waals surface area contributed by atoms with Crippen molar-refractivity contribution < 1.29 is 4.79 Å². The molecule has 0 aliphatic heterocycles. The van der Waals surface area contributed by atoms with Gasteiger partial charge in [-0.05, 0) is 43.8 Å². The topological polar surface area (TPSA) is 50.2 Å². The summed E-state index contributed by atoms with van der Waals surface area (Å²) in [5.41, 5.74) is 3.95. The molecule has 0 bridgehead atoms. The number of nitrogens with one attached hydrogen (secondary N) is 1. The predicted octanol–water partition coefficient (Wildman–Crippen LogP) is 4.72. The summed E-state index contributed by atoms with van der Waals surface area (Å²) in [5, 5.41) is 8.25. The molecule has 0 saturated heterocycles. The van der Waals surface area contributed by atoms with Gasteiger partial charge in [0.05, 0.1) is 11.9 Å². The molecule has 3 rings (SSSR count). The maximum absolute atomic E-state index is 12.6. The zero-order chi connectivity index (χ0) is 21.3. The first-order valence-electron chi connectivity index (χ1n) is 10.5. The molecule has 158 valence electrons. The van der Waals surface area contributed by atoms with E-state index in [0.717, 1.165) is 48.4 Å².